The lowest BCUT2D eigenvalue weighted by Gasteiger charge is -2.05. The number of oxime groups is 1. The van der Waals surface area contributed by atoms with Crippen molar-refractivity contribution in [2.45, 2.75) is 16.1 Å². The average Bonchev–Trinajstić information content (AvgIpc) is 3.00. The second-order valence-corrected chi connectivity index (χ2v) is 7.74. The second-order valence-electron chi connectivity index (χ2n) is 5.84. The summed E-state index contributed by atoms with van der Waals surface area (Å²) in [5, 5.41) is 7.78. The molecule has 0 saturated heterocycles. The van der Waals surface area contributed by atoms with Gasteiger partial charge in [-0.15, -0.1) is 0 Å². The Bertz CT molecular complexity index is 1100. The number of alkyl halides is 3. The molecule has 0 N–H and O–H groups in total. The second kappa shape index (κ2) is 9.11. The Labute approximate surface area is 183 Å². The third kappa shape index (κ3) is 5.16. The van der Waals surface area contributed by atoms with Gasteiger partial charge in [-0.1, -0.05) is 52.3 Å². The zero-order valence-corrected chi connectivity index (χ0v) is 17.5. The lowest BCUT2D eigenvalue weighted by Crippen LogP contribution is -2.09. The van der Waals surface area contributed by atoms with Gasteiger partial charge in [-0.2, -0.15) is 18.3 Å². The van der Waals surface area contributed by atoms with Crippen LogP contribution in [0.4, 0.5) is 13.2 Å². The van der Waals surface area contributed by atoms with E-state index in [4.69, 9.17) is 28.0 Å². The average molecular weight is 474 g/mol. The van der Waals surface area contributed by atoms with E-state index in [0.29, 0.717) is 9.92 Å². The molecule has 0 atom stereocenters. The molecule has 0 saturated carbocycles. The van der Waals surface area contributed by atoms with Crippen molar-refractivity contribution < 1.29 is 22.8 Å². The molecule has 3 aromatic rings. The van der Waals surface area contributed by atoms with Crippen molar-refractivity contribution in [3.05, 3.63) is 75.4 Å². The molecule has 0 bridgehead atoms. The summed E-state index contributed by atoms with van der Waals surface area (Å²) in [7, 11) is 1.38. The van der Waals surface area contributed by atoms with E-state index in [1.54, 1.807) is 36.4 Å². The van der Waals surface area contributed by atoms with E-state index in [2.05, 4.69) is 10.3 Å². The number of halogens is 5. The lowest BCUT2D eigenvalue weighted by atomic mass is 10.2. The van der Waals surface area contributed by atoms with Crippen molar-refractivity contribution in [3.63, 3.8) is 0 Å². The van der Waals surface area contributed by atoms with Gasteiger partial charge in [-0.05, 0) is 36.4 Å². The molecule has 1 heterocycles. The fourth-order valence-corrected chi connectivity index (χ4v) is 3.66. The zero-order chi connectivity index (χ0) is 21.9. The number of carbonyl (C=O) groups is 1. The van der Waals surface area contributed by atoms with Crippen LogP contribution >= 0.6 is 35.0 Å². The van der Waals surface area contributed by atoms with Crippen LogP contribution in [0.25, 0.3) is 0 Å². The molecule has 0 spiro atoms. The van der Waals surface area contributed by atoms with Crippen molar-refractivity contribution in [2.75, 3.05) is 0 Å². The maximum absolute atomic E-state index is 13.4. The van der Waals surface area contributed by atoms with Crippen LogP contribution in [0.3, 0.4) is 0 Å². The number of hydrogen-bond donors (Lipinski definition) is 0. The Morgan fingerprint density at radius 1 is 1.17 bits per heavy atom. The predicted octanol–water partition coefficient (Wildman–Crippen LogP) is 6.09. The molecule has 0 amide bonds. The number of nitrogens with zero attached hydrogens (tertiary/aromatic N) is 3. The van der Waals surface area contributed by atoms with E-state index < -0.39 is 17.8 Å². The Morgan fingerprint density at radius 3 is 2.47 bits per heavy atom. The van der Waals surface area contributed by atoms with Gasteiger partial charge in [0.05, 0.1) is 22.4 Å². The molecule has 11 heteroatoms. The highest BCUT2D eigenvalue weighted by Crippen LogP contribution is 2.37. The molecule has 3 rings (SSSR count). The van der Waals surface area contributed by atoms with Gasteiger partial charge in [0.25, 0.3) is 0 Å². The molecule has 0 fully saturated rings. The third-order valence-electron chi connectivity index (χ3n) is 3.74. The van der Waals surface area contributed by atoms with Gasteiger partial charge >= 0.3 is 12.1 Å². The largest absolute Gasteiger partial charge is 0.435 e. The first kappa shape index (κ1) is 22.2. The van der Waals surface area contributed by atoms with Gasteiger partial charge in [0.15, 0.2) is 5.69 Å². The fourth-order valence-electron chi connectivity index (χ4n) is 2.39. The molecule has 30 heavy (non-hydrogen) atoms. The minimum atomic E-state index is -4.73. The molecule has 0 aliphatic carbocycles. The molecule has 0 aliphatic rings. The van der Waals surface area contributed by atoms with Crippen LogP contribution in [-0.4, -0.2) is 22.0 Å². The van der Waals surface area contributed by atoms with Crippen molar-refractivity contribution in [2.24, 2.45) is 12.2 Å². The van der Waals surface area contributed by atoms with E-state index in [-0.39, 0.29) is 21.2 Å². The minimum Gasteiger partial charge on any atom is -0.313 e. The maximum atomic E-state index is 13.4. The van der Waals surface area contributed by atoms with Crippen molar-refractivity contribution >= 4 is 47.1 Å². The molecule has 0 aliphatic heterocycles. The summed E-state index contributed by atoms with van der Waals surface area (Å²) in [6, 6.07) is 12.6. The Morgan fingerprint density at radius 2 is 1.83 bits per heavy atom. The van der Waals surface area contributed by atoms with Crippen LogP contribution in [0.1, 0.15) is 21.6 Å². The van der Waals surface area contributed by atoms with E-state index in [1.165, 1.54) is 19.2 Å². The summed E-state index contributed by atoms with van der Waals surface area (Å²) < 4.78 is 41.4. The third-order valence-corrected chi connectivity index (χ3v) is 5.50. The SMILES string of the molecule is Cn1nc(C(F)(F)F)c(/C=N\OC(=O)c2ccccc2Cl)c1Sc1ccc(Cl)cc1. The number of aromatic nitrogens is 2. The topological polar surface area (TPSA) is 56.5 Å². The number of carbonyl (C=O) groups excluding carboxylic acids is 1. The number of aryl methyl sites for hydroxylation is 1. The van der Waals surface area contributed by atoms with Crippen LogP contribution in [0, 0.1) is 0 Å². The van der Waals surface area contributed by atoms with Crippen molar-refractivity contribution in [3.8, 4) is 0 Å². The van der Waals surface area contributed by atoms with Gasteiger partial charge in [-0.25, -0.2) is 4.79 Å². The number of rotatable bonds is 5. The monoisotopic (exact) mass is 473 g/mol. The first-order valence-corrected chi connectivity index (χ1v) is 9.81. The normalized spacial score (nSPS) is 11.8. The summed E-state index contributed by atoms with van der Waals surface area (Å²) in [4.78, 5) is 17.4. The summed E-state index contributed by atoms with van der Waals surface area (Å²) in [6.45, 7) is 0. The van der Waals surface area contributed by atoms with Gasteiger partial charge in [0, 0.05) is 17.0 Å². The molecular formula is C19H12Cl2F3N3O2S. The Balaban J connectivity index is 1.91. The predicted molar refractivity (Wildman–Crippen MR) is 108 cm³/mol. The Hall–Kier alpha value is -2.49. The molecule has 5 nitrogen and oxygen atoms in total. The van der Waals surface area contributed by atoms with Gasteiger partial charge in [0.2, 0.25) is 0 Å². The van der Waals surface area contributed by atoms with Crippen molar-refractivity contribution in [1.82, 2.24) is 9.78 Å². The summed E-state index contributed by atoms with van der Waals surface area (Å²) in [5.41, 5.74) is -1.45. The van der Waals surface area contributed by atoms with Crippen LogP contribution in [0.2, 0.25) is 10.0 Å². The summed E-state index contributed by atoms with van der Waals surface area (Å²) >= 11 is 12.8. The lowest BCUT2D eigenvalue weighted by molar-refractivity contribution is -0.141. The van der Waals surface area contributed by atoms with Gasteiger partial charge < -0.3 is 4.84 Å². The molecular weight excluding hydrogens is 462 g/mol. The highest BCUT2D eigenvalue weighted by molar-refractivity contribution is 7.99. The highest BCUT2D eigenvalue weighted by atomic mass is 35.5. The zero-order valence-electron chi connectivity index (χ0n) is 15.2. The first-order chi connectivity index (χ1) is 14.2. The van der Waals surface area contributed by atoms with Crippen molar-refractivity contribution in [1.29, 1.82) is 0 Å². The maximum Gasteiger partial charge on any atom is 0.435 e. The summed E-state index contributed by atoms with van der Waals surface area (Å²) in [6.07, 6.45) is -3.92. The van der Waals surface area contributed by atoms with E-state index >= 15 is 0 Å². The molecule has 156 valence electrons. The number of benzene rings is 2. The molecule has 0 radical (unpaired) electrons. The summed E-state index contributed by atoms with van der Waals surface area (Å²) in [5.74, 6) is -0.902. The van der Waals surface area contributed by atoms with Crippen LogP contribution in [-0.2, 0) is 18.1 Å². The fraction of sp³-hybridized carbons (Fsp3) is 0.105. The Kier molecular flexibility index (Phi) is 6.74. The van der Waals surface area contributed by atoms with Crippen LogP contribution in [0.15, 0.2) is 63.6 Å². The highest BCUT2D eigenvalue weighted by Gasteiger charge is 2.38. The van der Waals surface area contributed by atoms with Crippen LogP contribution in [0.5, 0.6) is 0 Å². The van der Waals surface area contributed by atoms with E-state index in [1.807, 2.05) is 0 Å². The van der Waals surface area contributed by atoms with E-state index in [0.717, 1.165) is 22.7 Å². The minimum absolute atomic E-state index is 0.0364. The first-order valence-electron chi connectivity index (χ1n) is 8.23. The standard InChI is InChI=1S/C19H12Cl2F3N3O2S/c1-27-17(30-12-8-6-11(20)7-9-12)14(16(26-27)19(22,23)24)10-25-29-18(28)13-4-2-3-5-15(13)21/h2-10H,1H3/b25-10-. The molecule has 2 aromatic carbocycles. The van der Waals surface area contributed by atoms with Gasteiger partial charge in [-0.3, -0.25) is 4.68 Å². The molecule has 1 aromatic heterocycles. The van der Waals surface area contributed by atoms with Gasteiger partial charge in [0.1, 0.15) is 5.03 Å². The van der Waals surface area contributed by atoms with E-state index in [9.17, 15) is 18.0 Å². The smallest absolute Gasteiger partial charge is 0.313 e. The van der Waals surface area contributed by atoms with Crippen LogP contribution < -0.4 is 0 Å². The quantitative estimate of drug-likeness (QED) is 0.255. The number of hydrogen-bond acceptors (Lipinski definition) is 5. The molecule has 0 unspecified atom stereocenters.